The predicted molar refractivity (Wildman–Crippen MR) is 189 cm³/mol. The van der Waals surface area contributed by atoms with Gasteiger partial charge >= 0.3 is 7.82 Å². The Labute approximate surface area is 274 Å². The quantitative estimate of drug-likeness (QED) is 0.0334. The zero-order chi connectivity index (χ0) is 33.3. The summed E-state index contributed by atoms with van der Waals surface area (Å²) in [6.45, 7) is 3.95. The van der Waals surface area contributed by atoms with Crippen LogP contribution in [0.1, 0.15) is 129 Å². The van der Waals surface area contributed by atoms with E-state index in [9.17, 15) is 19.4 Å². The molecule has 5 N–H and O–H groups in total. The summed E-state index contributed by atoms with van der Waals surface area (Å²) in [5.74, 6) is -0.228. The first kappa shape index (κ1) is 43.2. The zero-order valence-electron chi connectivity index (χ0n) is 28.3. The van der Waals surface area contributed by atoms with Crippen LogP contribution in [-0.4, -0.2) is 47.8 Å². The Balaban J connectivity index is 4.46. The number of amides is 1. The van der Waals surface area contributed by atoms with Crippen molar-refractivity contribution in [2.75, 3.05) is 19.8 Å². The van der Waals surface area contributed by atoms with Crippen molar-refractivity contribution in [3.63, 3.8) is 0 Å². The van der Waals surface area contributed by atoms with Crippen LogP contribution in [0.5, 0.6) is 0 Å². The van der Waals surface area contributed by atoms with Crippen LogP contribution in [0.2, 0.25) is 0 Å². The van der Waals surface area contributed by atoms with E-state index in [1.165, 1.54) is 32.1 Å². The number of carbonyl (C=O) groups is 1. The van der Waals surface area contributed by atoms with Gasteiger partial charge in [0, 0.05) is 13.0 Å². The van der Waals surface area contributed by atoms with E-state index in [1.807, 2.05) is 6.08 Å². The Morgan fingerprint density at radius 3 is 1.91 bits per heavy atom. The lowest BCUT2D eigenvalue weighted by Gasteiger charge is -2.23. The fourth-order valence-corrected chi connectivity index (χ4v) is 5.13. The van der Waals surface area contributed by atoms with Gasteiger partial charge < -0.3 is 21.1 Å². The highest BCUT2D eigenvalue weighted by atomic mass is 31.2. The van der Waals surface area contributed by atoms with E-state index >= 15 is 0 Å². The van der Waals surface area contributed by atoms with Crippen molar-refractivity contribution in [3.05, 3.63) is 60.8 Å². The lowest BCUT2D eigenvalue weighted by Crippen LogP contribution is -2.45. The Hall–Kier alpha value is -1.80. The molecule has 45 heavy (non-hydrogen) atoms. The van der Waals surface area contributed by atoms with E-state index in [4.69, 9.17) is 14.8 Å². The number of allylic oxidation sites excluding steroid dienone is 9. The average molecular weight is 653 g/mol. The standard InChI is InChI=1S/C36H65N2O6P/c1-3-5-7-9-11-13-15-16-17-18-20-22-24-26-28-30-36(40)38-34(33-44-45(41,42)43-32-31-37)35(39)29-27-25-23-21-19-14-12-10-8-6-4-2/h8,10-11,13,16-17,19,21,27,29,34-35,39H,3-7,9,12,14-15,18,20,22-26,28,30-33,37H2,1-2H3,(H,38,40)(H,41,42)/b10-8+,13-11-,17-16-,21-19+,29-27+. The van der Waals surface area contributed by atoms with Crippen LogP contribution in [0.4, 0.5) is 0 Å². The highest BCUT2D eigenvalue weighted by Gasteiger charge is 2.26. The van der Waals surface area contributed by atoms with Gasteiger partial charge in [0.05, 0.1) is 25.4 Å². The first-order valence-electron chi connectivity index (χ1n) is 17.4. The van der Waals surface area contributed by atoms with Gasteiger partial charge in [0.2, 0.25) is 5.91 Å². The van der Waals surface area contributed by atoms with Crippen LogP contribution < -0.4 is 11.1 Å². The highest BCUT2D eigenvalue weighted by molar-refractivity contribution is 7.47. The number of aliphatic hydroxyl groups is 1. The molecular weight excluding hydrogens is 587 g/mol. The number of phosphoric ester groups is 1. The smallest absolute Gasteiger partial charge is 0.387 e. The number of carbonyl (C=O) groups excluding carboxylic acids is 1. The normalized spacial score (nSPS) is 15.2. The molecular formula is C36H65N2O6P. The molecule has 0 radical (unpaired) electrons. The number of phosphoric acid groups is 1. The van der Waals surface area contributed by atoms with E-state index in [1.54, 1.807) is 6.08 Å². The molecule has 3 unspecified atom stereocenters. The Bertz CT molecular complexity index is 887. The van der Waals surface area contributed by atoms with Crippen LogP contribution in [0.25, 0.3) is 0 Å². The van der Waals surface area contributed by atoms with Gasteiger partial charge in [-0.3, -0.25) is 13.8 Å². The fourth-order valence-electron chi connectivity index (χ4n) is 4.37. The molecule has 8 nitrogen and oxygen atoms in total. The molecule has 0 heterocycles. The SMILES string of the molecule is CCC/C=C/CC/C=C/CC/C=C/C(O)C(COP(=O)(O)OCCN)NC(=O)CCCCCCC/C=C\C/C=C\CCCCC. The van der Waals surface area contributed by atoms with E-state index < -0.39 is 20.0 Å². The molecule has 0 saturated heterocycles. The maximum Gasteiger partial charge on any atom is 0.472 e. The summed E-state index contributed by atoms with van der Waals surface area (Å²) < 4.78 is 21.9. The Morgan fingerprint density at radius 2 is 1.29 bits per heavy atom. The maximum atomic E-state index is 12.6. The highest BCUT2D eigenvalue weighted by Crippen LogP contribution is 2.43. The Morgan fingerprint density at radius 1 is 0.733 bits per heavy atom. The molecule has 260 valence electrons. The van der Waals surface area contributed by atoms with Crippen molar-refractivity contribution in [2.24, 2.45) is 5.73 Å². The van der Waals surface area contributed by atoms with Crippen LogP contribution >= 0.6 is 7.82 Å². The second-order valence-corrected chi connectivity index (χ2v) is 12.8. The third kappa shape index (κ3) is 30.6. The average Bonchev–Trinajstić information content (AvgIpc) is 3.02. The minimum absolute atomic E-state index is 0.0665. The third-order valence-corrected chi connectivity index (χ3v) is 8.01. The summed E-state index contributed by atoms with van der Waals surface area (Å²) in [6.07, 6.45) is 38.4. The monoisotopic (exact) mass is 652 g/mol. The molecule has 0 spiro atoms. The lowest BCUT2D eigenvalue weighted by atomic mass is 10.1. The molecule has 0 aromatic carbocycles. The number of aliphatic hydroxyl groups excluding tert-OH is 1. The minimum Gasteiger partial charge on any atom is -0.387 e. The summed E-state index contributed by atoms with van der Waals surface area (Å²) in [6, 6.07) is -0.890. The van der Waals surface area contributed by atoms with Crippen molar-refractivity contribution in [2.45, 2.75) is 142 Å². The Kier molecular flexibility index (Phi) is 30.9. The number of nitrogens with one attached hydrogen (secondary N) is 1. The molecule has 0 rings (SSSR count). The molecule has 3 atom stereocenters. The largest absolute Gasteiger partial charge is 0.472 e. The molecule has 0 fully saturated rings. The summed E-state index contributed by atoms with van der Waals surface area (Å²) in [7, 11) is -4.34. The fraction of sp³-hybridized carbons (Fsp3) is 0.694. The number of nitrogens with two attached hydrogens (primary N) is 1. The second-order valence-electron chi connectivity index (χ2n) is 11.3. The molecule has 0 aromatic heterocycles. The van der Waals surface area contributed by atoms with E-state index in [-0.39, 0.29) is 25.7 Å². The molecule has 0 aliphatic heterocycles. The number of hydrogen-bond acceptors (Lipinski definition) is 6. The van der Waals surface area contributed by atoms with Crippen molar-refractivity contribution >= 4 is 13.7 Å². The van der Waals surface area contributed by atoms with Crippen molar-refractivity contribution < 1.29 is 28.4 Å². The molecule has 0 aromatic rings. The predicted octanol–water partition coefficient (Wildman–Crippen LogP) is 8.77. The maximum absolute atomic E-state index is 12.6. The van der Waals surface area contributed by atoms with Gasteiger partial charge in [-0.15, -0.1) is 0 Å². The molecule has 1 amide bonds. The van der Waals surface area contributed by atoms with Gasteiger partial charge in [0.1, 0.15) is 0 Å². The molecule has 0 bridgehead atoms. The van der Waals surface area contributed by atoms with Crippen LogP contribution in [-0.2, 0) is 18.4 Å². The molecule has 0 aliphatic rings. The molecule has 0 aliphatic carbocycles. The first-order valence-corrected chi connectivity index (χ1v) is 18.9. The van der Waals surface area contributed by atoms with E-state index in [0.29, 0.717) is 6.42 Å². The first-order chi connectivity index (χ1) is 21.9. The van der Waals surface area contributed by atoms with Crippen molar-refractivity contribution in [1.82, 2.24) is 5.32 Å². The minimum atomic E-state index is -4.34. The molecule has 9 heteroatoms. The summed E-state index contributed by atoms with van der Waals surface area (Å²) >= 11 is 0. The number of unbranched alkanes of at least 4 members (excludes halogenated alkanes) is 11. The zero-order valence-corrected chi connectivity index (χ0v) is 29.2. The topological polar surface area (TPSA) is 131 Å². The number of hydrogen-bond donors (Lipinski definition) is 4. The summed E-state index contributed by atoms with van der Waals surface area (Å²) in [5, 5.41) is 13.5. The van der Waals surface area contributed by atoms with Crippen LogP contribution in [0.3, 0.4) is 0 Å². The van der Waals surface area contributed by atoms with Gasteiger partial charge in [-0.2, -0.15) is 0 Å². The number of rotatable bonds is 31. The van der Waals surface area contributed by atoms with E-state index in [0.717, 1.165) is 77.0 Å². The third-order valence-electron chi connectivity index (χ3n) is 7.02. The van der Waals surface area contributed by atoms with Gasteiger partial charge in [0.15, 0.2) is 0 Å². The van der Waals surface area contributed by atoms with Crippen LogP contribution in [0, 0.1) is 0 Å². The lowest BCUT2D eigenvalue weighted by molar-refractivity contribution is -0.123. The van der Waals surface area contributed by atoms with Crippen LogP contribution in [0.15, 0.2) is 60.8 Å². The van der Waals surface area contributed by atoms with Gasteiger partial charge in [-0.05, 0) is 70.6 Å². The van der Waals surface area contributed by atoms with Gasteiger partial charge in [-0.1, -0.05) is 113 Å². The van der Waals surface area contributed by atoms with Gasteiger partial charge in [0.25, 0.3) is 0 Å². The van der Waals surface area contributed by atoms with Crippen molar-refractivity contribution in [1.29, 1.82) is 0 Å². The van der Waals surface area contributed by atoms with Crippen molar-refractivity contribution in [3.8, 4) is 0 Å². The summed E-state index contributed by atoms with van der Waals surface area (Å²) in [5.41, 5.74) is 5.33. The molecule has 0 saturated carbocycles. The summed E-state index contributed by atoms with van der Waals surface area (Å²) in [4.78, 5) is 22.5. The second kappa shape index (κ2) is 32.2. The van der Waals surface area contributed by atoms with E-state index in [2.05, 4.69) is 67.8 Å². The van der Waals surface area contributed by atoms with Gasteiger partial charge in [-0.25, -0.2) is 4.57 Å².